The quantitative estimate of drug-likeness (QED) is 0.860. The van der Waals surface area contributed by atoms with Gasteiger partial charge in [0, 0.05) is 10.0 Å². The number of hydrogen-bond acceptors (Lipinski definition) is 2. The number of ether oxygens (including phenoxy) is 1. The summed E-state index contributed by atoms with van der Waals surface area (Å²) < 4.78 is 6.20. The summed E-state index contributed by atoms with van der Waals surface area (Å²) in [6.07, 6.45) is 0. The van der Waals surface area contributed by atoms with Crippen LogP contribution in [0, 0.1) is 0 Å². The summed E-state index contributed by atoms with van der Waals surface area (Å²) >= 11 is 9.38. The summed E-state index contributed by atoms with van der Waals surface area (Å²) in [5.41, 5.74) is 1.13. The molecule has 2 aromatic rings. The first-order valence-corrected chi connectivity index (χ1v) is 7.26. The van der Waals surface area contributed by atoms with Crippen LogP contribution in [-0.2, 0) is 0 Å². The lowest BCUT2D eigenvalue weighted by Crippen LogP contribution is -2.12. The van der Waals surface area contributed by atoms with E-state index in [1.807, 2.05) is 13.0 Å². The third-order valence-corrected chi connectivity index (χ3v) is 3.41. The highest BCUT2D eigenvalue weighted by Crippen LogP contribution is 2.26. The zero-order valence-corrected chi connectivity index (χ0v) is 13.2. The van der Waals surface area contributed by atoms with Gasteiger partial charge in [-0.25, -0.2) is 0 Å². The third kappa shape index (κ3) is 3.74. The van der Waals surface area contributed by atoms with E-state index in [2.05, 4.69) is 21.2 Å². The number of hydrogen-bond donors (Lipinski definition) is 1. The van der Waals surface area contributed by atoms with Crippen LogP contribution < -0.4 is 10.1 Å². The molecule has 1 amide bonds. The van der Waals surface area contributed by atoms with Crippen molar-refractivity contribution in [3.8, 4) is 5.75 Å². The molecule has 3 nitrogen and oxygen atoms in total. The van der Waals surface area contributed by atoms with Crippen molar-refractivity contribution < 1.29 is 9.53 Å². The molecule has 104 valence electrons. The number of carbonyl (C=O) groups excluding carboxylic acids is 1. The fourth-order valence-corrected chi connectivity index (χ4v) is 2.38. The van der Waals surface area contributed by atoms with Crippen molar-refractivity contribution in [1.82, 2.24) is 0 Å². The molecule has 5 heteroatoms. The summed E-state index contributed by atoms with van der Waals surface area (Å²) in [5, 5.41) is 3.26. The fraction of sp³-hybridized carbons (Fsp3) is 0.133. The predicted octanol–water partition coefficient (Wildman–Crippen LogP) is 4.75. The van der Waals surface area contributed by atoms with E-state index in [-0.39, 0.29) is 5.91 Å². The minimum Gasteiger partial charge on any atom is -0.494 e. The normalized spacial score (nSPS) is 10.2. The zero-order valence-electron chi connectivity index (χ0n) is 10.8. The lowest BCUT2D eigenvalue weighted by Gasteiger charge is -2.08. The van der Waals surface area contributed by atoms with Crippen LogP contribution in [0.2, 0.25) is 5.02 Å². The molecule has 2 aromatic carbocycles. The molecule has 1 N–H and O–H groups in total. The molecular weight excluding hydrogens is 342 g/mol. The van der Waals surface area contributed by atoms with E-state index in [0.29, 0.717) is 22.9 Å². The van der Waals surface area contributed by atoms with Gasteiger partial charge < -0.3 is 10.1 Å². The van der Waals surface area contributed by atoms with Crippen molar-refractivity contribution in [3.05, 3.63) is 57.5 Å². The Morgan fingerprint density at radius 1 is 1.25 bits per heavy atom. The molecule has 0 atom stereocenters. The van der Waals surface area contributed by atoms with Gasteiger partial charge in [-0.2, -0.15) is 0 Å². The highest BCUT2D eigenvalue weighted by molar-refractivity contribution is 9.10. The Labute approximate surface area is 131 Å². The number of carbonyl (C=O) groups is 1. The molecule has 0 aromatic heterocycles. The van der Waals surface area contributed by atoms with Gasteiger partial charge in [0.25, 0.3) is 5.91 Å². The summed E-state index contributed by atoms with van der Waals surface area (Å²) in [4.78, 5) is 12.1. The van der Waals surface area contributed by atoms with E-state index < -0.39 is 0 Å². The maximum Gasteiger partial charge on any atom is 0.255 e. The maximum absolute atomic E-state index is 12.1. The van der Waals surface area contributed by atoms with Gasteiger partial charge in [0.15, 0.2) is 0 Å². The topological polar surface area (TPSA) is 38.3 Å². The Kier molecular flexibility index (Phi) is 5.04. The molecule has 0 spiro atoms. The molecule has 0 aliphatic rings. The number of amides is 1. The van der Waals surface area contributed by atoms with Gasteiger partial charge in [-0.3, -0.25) is 4.79 Å². The van der Waals surface area contributed by atoms with Crippen LogP contribution in [0.3, 0.4) is 0 Å². The summed E-state index contributed by atoms with van der Waals surface area (Å²) in [6.45, 7) is 2.51. The van der Waals surface area contributed by atoms with Crippen LogP contribution in [0.5, 0.6) is 5.75 Å². The summed E-state index contributed by atoms with van der Waals surface area (Å²) in [6, 6.07) is 12.3. The number of rotatable bonds is 4. The van der Waals surface area contributed by atoms with E-state index in [0.717, 1.165) is 10.2 Å². The highest BCUT2D eigenvalue weighted by atomic mass is 79.9. The second-order valence-corrected chi connectivity index (χ2v) is 5.36. The van der Waals surface area contributed by atoms with Crippen molar-refractivity contribution in [2.45, 2.75) is 6.92 Å². The Balaban J connectivity index is 2.11. The van der Waals surface area contributed by atoms with Crippen LogP contribution >= 0.6 is 27.5 Å². The molecule has 0 fully saturated rings. The monoisotopic (exact) mass is 353 g/mol. The molecule has 0 aliphatic heterocycles. The first-order valence-electron chi connectivity index (χ1n) is 6.09. The van der Waals surface area contributed by atoms with Crippen molar-refractivity contribution >= 4 is 39.1 Å². The third-order valence-electron chi connectivity index (χ3n) is 2.61. The van der Waals surface area contributed by atoms with Crippen molar-refractivity contribution in [2.24, 2.45) is 0 Å². The first-order chi connectivity index (χ1) is 9.60. The molecule has 0 radical (unpaired) electrons. The van der Waals surface area contributed by atoms with Crippen molar-refractivity contribution in [2.75, 3.05) is 11.9 Å². The minimum atomic E-state index is -0.211. The van der Waals surface area contributed by atoms with E-state index in [4.69, 9.17) is 16.3 Å². The van der Waals surface area contributed by atoms with Gasteiger partial charge in [0.2, 0.25) is 0 Å². The lowest BCUT2D eigenvalue weighted by atomic mass is 10.2. The molecule has 0 bridgehead atoms. The number of anilines is 1. The number of benzene rings is 2. The predicted molar refractivity (Wildman–Crippen MR) is 84.7 cm³/mol. The second kappa shape index (κ2) is 6.77. The SMILES string of the molecule is CCOc1ccc(C(=O)Nc2ccc(Br)cc2Cl)cc1. The standard InChI is InChI=1S/C15H13BrClNO2/c1-2-20-12-6-3-10(4-7-12)15(19)18-14-8-5-11(16)9-13(14)17/h3-9H,2H2,1H3,(H,18,19). The van der Waals surface area contributed by atoms with Crippen LogP contribution in [0.15, 0.2) is 46.9 Å². The van der Waals surface area contributed by atoms with Gasteiger partial charge in [-0.1, -0.05) is 27.5 Å². The molecule has 0 saturated heterocycles. The maximum atomic E-state index is 12.1. The second-order valence-electron chi connectivity index (χ2n) is 4.04. The van der Waals surface area contributed by atoms with E-state index in [1.165, 1.54) is 0 Å². The molecule has 0 saturated carbocycles. The van der Waals surface area contributed by atoms with Gasteiger partial charge in [0.1, 0.15) is 5.75 Å². The molecule has 20 heavy (non-hydrogen) atoms. The Hall–Kier alpha value is -1.52. The molecule has 0 aliphatic carbocycles. The minimum absolute atomic E-state index is 0.211. The van der Waals surface area contributed by atoms with E-state index in [9.17, 15) is 4.79 Å². The van der Waals surface area contributed by atoms with Crippen molar-refractivity contribution in [1.29, 1.82) is 0 Å². The van der Waals surface area contributed by atoms with Crippen LogP contribution in [0.4, 0.5) is 5.69 Å². The molecule has 0 unspecified atom stereocenters. The fourth-order valence-electron chi connectivity index (χ4n) is 1.65. The first kappa shape index (κ1) is 14.9. The summed E-state index contributed by atoms with van der Waals surface area (Å²) in [5.74, 6) is 0.531. The van der Waals surface area contributed by atoms with Gasteiger partial charge in [0.05, 0.1) is 17.3 Å². The van der Waals surface area contributed by atoms with Crippen molar-refractivity contribution in [3.63, 3.8) is 0 Å². The molecule has 0 heterocycles. The smallest absolute Gasteiger partial charge is 0.255 e. The zero-order chi connectivity index (χ0) is 14.5. The van der Waals surface area contributed by atoms with Gasteiger partial charge in [-0.05, 0) is 49.4 Å². The van der Waals surface area contributed by atoms with Crippen LogP contribution in [-0.4, -0.2) is 12.5 Å². The molecular formula is C15H13BrClNO2. The molecule has 2 rings (SSSR count). The largest absolute Gasteiger partial charge is 0.494 e. The van der Waals surface area contributed by atoms with E-state index >= 15 is 0 Å². The number of nitrogens with one attached hydrogen (secondary N) is 1. The Morgan fingerprint density at radius 3 is 2.55 bits per heavy atom. The Morgan fingerprint density at radius 2 is 1.95 bits per heavy atom. The number of halogens is 2. The Bertz CT molecular complexity index is 614. The lowest BCUT2D eigenvalue weighted by molar-refractivity contribution is 0.102. The average molecular weight is 355 g/mol. The highest BCUT2D eigenvalue weighted by Gasteiger charge is 2.08. The average Bonchev–Trinajstić information content (AvgIpc) is 2.43. The van der Waals surface area contributed by atoms with Gasteiger partial charge in [-0.15, -0.1) is 0 Å². The van der Waals surface area contributed by atoms with E-state index in [1.54, 1.807) is 36.4 Å². The van der Waals surface area contributed by atoms with Crippen LogP contribution in [0.1, 0.15) is 17.3 Å². The summed E-state index contributed by atoms with van der Waals surface area (Å²) in [7, 11) is 0. The van der Waals surface area contributed by atoms with Crippen LogP contribution in [0.25, 0.3) is 0 Å². The van der Waals surface area contributed by atoms with Gasteiger partial charge >= 0.3 is 0 Å².